The minimum Gasteiger partial charge on any atom is -0.359 e. The Bertz CT molecular complexity index is 578. The minimum atomic E-state index is -0.691. The maximum Gasteiger partial charge on any atom is 0.263 e. The summed E-state index contributed by atoms with van der Waals surface area (Å²) in [5, 5.41) is 10.5. The predicted molar refractivity (Wildman–Crippen MR) is 77.1 cm³/mol. The van der Waals surface area contributed by atoms with Crippen LogP contribution in [0.5, 0.6) is 0 Å². The van der Waals surface area contributed by atoms with E-state index in [0.29, 0.717) is 5.69 Å². The predicted octanol–water partition coefficient (Wildman–Crippen LogP) is 0.135. The second-order valence-corrected chi connectivity index (χ2v) is 5.66. The molecule has 21 heavy (non-hydrogen) atoms. The lowest BCUT2D eigenvalue weighted by atomic mass is 10.2. The Morgan fingerprint density at radius 2 is 2.05 bits per heavy atom. The van der Waals surface area contributed by atoms with Gasteiger partial charge in [0, 0.05) is 18.4 Å². The van der Waals surface area contributed by atoms with Crippen LogP contribution in [-0.4, -0.2) is 41.8 Å². The summed E-state index contributed by atoms with van der Waals surface area (Å²) in [5.41, 5.74) is 2.11. The zero-order valence-corrected chi connectivity index (χ0v) is 12.1. The lowest BCUT2D eigenvalue weighted by Crippen LogP contribution is -2.47. The van der Waals surface area contributed by atoms with E-state index in [-0.39, 0.29) is 24.8 Å². The first-order chi connectivity index (χ1) is 10.1. The lowest BCUT2D eigenvalue weighted by molar-refractivity contribution is -0.129. The number of benzene rings is 1. The summed E-state index contributed by atoms with van der Waals surface area (Å²) in [7, 11) is 1.51. The first kappa shape index (κ1) is 15.3. The number of hydrogen-bond acceptors (Lipinski definition) is 5. The number of hydrogen-bond donors (Lipinski definition) is 3. The van der Waals surface area contributed by atoms with E-state index in [9.17, 15) is 14.4 Å². The van der Waals surface area contributed by atoms with Crippen molar-refractivity contribution in [3.05, 3.63) is 24.3 Å². The van der Waals surface area contributed by atoms with Crippen LogP contribution in [0, 0.1) is 0 Å². The fourth-order valence-corrected chi connectivity index (χ4v) is 3.24. The highest BCUT2D eigenvalue weighted by atomic mass is 32.2. The Hall–Kier alpha value is -2.06. The number of hydroxylamine groups is 1. The number of para-hydroxylation sites is 1. The molecule has 112 valence electrons. The van der Waals surface area contributed by atoms with Gasteiger partial charge in [-0.2, -0.15) is 0 Å². The first-order valence-electron chi connectivity index (χ1n) is 6.27. The summed E-state index contributed by atoms with van der Waals surface area (Å²) in [6, 6.07) is 7.13. The molecule has 2 rings (SSSR count). The van der Waals surface area contributed by atoms with Crippen LogP contribution >= 0.6 is 11.8 Å². The molecule has 0 fully saturated rings. The monoisotopic (exact) mass is 309 g/mol. The normalized spacial score (nSPS) is 17.1. The number of rotatable bonds is 4. The molecule has 0 spiro atoms. The third kappa shape index (κ3) is 3.34. The molecule has 0 radical (unpaired) electrons. The quantitative estimate of drug-likeness (QED) is 0.542. The van der Waals surface area contributed by atoms with E-state index < -0.39 is 11.2 Å². The van der Waals surface area contributed by atoms with Crippen LogP contribution < -0.4 is 15.7 Å². The maximum atomic E-state index is 12.5. The SMILES string of the molecule is CNC(=O)CC1Sc2ccccc2N(CC(=O)NO)C1=O. The Labute approximate surface area is 125 Å². The first-order valence-corrected chi connectivity index (χ1v) is 7.15. The number of carbonyl (C=O) groups excluding carboxylic acids is 3. The second kappa shape index (κ2) is 6.59. The molecule has 3 amide bonds. The molecule has 0 saturated heterocycles. The van der Waals surface area contributed by atoms with Crippen LogP contribution in [0.1, 0.15) is 6.42 Å². The standard InChI is InChI=1S/C13H15N3O4S/c1-14-11(17)6-10-13(19)16(7-12(18)15-20)8-4-2-3-5-9(8)21-10/h2-5,10,20H,6-7H2,1H3,(H,14,17)(H,15,18). The Balaban J connectivity index is 2.30. The third-order valence-electron chi connectivity index (χ3n) is 3.04. The average molecular weight is 309 g/mol. The van der Waals surface area contributed by atoms with Crippen molar-refractivity contribution in [3.8, 4) is 0 Å². The smallest absolute Gasteiger partial charge is 0.263 e. The van der Waals surface area contributed by atoms with Gasteiger partial charge in [-0.1, -0.05) is 12.1 Å². The van der Waals surface area contributed by atoms with Crippen molar-refractivity contribution in [2.24, 2.45) is 0 Å². The van der Waals surface area contributed by atoms with E-state index in [4.69, 9.17) is 5.21 Å². The minimum absolute atomic E-state index is 0.0333. The van der Waals surface area contributed by atoms with E-state index in [1.165, 1.54) is 29.2 Å². The molecule has 1 aromatic rings. The van der Waals surface area contributed by atoms with Gasteiger partial charge in [0.25, 0.3) is 5.91 Å². The Morgan fingerprint density at radius 3 is 2.71 bits per heavy atom. The number of anilines is 1. The summed E-state index contributed by atoms with van der Waals surface area (Å²) >= 11 is 1.30. The number of thioether (sulfide) groups is 1. The van der Waals surface area contributed by atoms with Crippen molar-refractivity contribution < 1.29 is 19.6 Å². The topological polar surface area (TPSA) is 98.7 Å². The van der Waals surface area contributed by atoms with Gasteiger partial charge in [0.2, 0.25) is 11.8 Å². The van der Waals surface area contributed by atoms with E-state index in [1.54, 1.807) is 12.1 Å². The molecular formula is C13H15N3O4S. The fraction of sp³-hybridized carbons (Fsp3) is 0.308. The van der Waals surface area contributed by atoms with Gasteiger partial charge in [-0.15, -0.1) is 11.8 Å². The summed E-state index contributed by atoms with van der Waals surface area (Å²) in [4.78, 5) is 37.4. The van der Waals surface area contributed by atoms with Gasteiger partial charge in [-0.05, 0) is 12.1 Å². The van der Waals surface area contributed by atoms with Crippen molar-refractivity contribution in [3.63, 3.8) is 0 Å². The van der Waals surface area contributed by atoms with Gasteiger partial charge < -0.3 is 10.2 Å². The highest BCUT2D eigenvalue weighted by molar-refractivity contribution is 8.01. The molecule has 0 aliphatic carbocycles. The molecule has 1 atom stereocenters. The number of carbonyl (C=O) groups is 3. The van der Waals surface area contributed by atoms with Crippen molar-refractivity contribution >= 4 is 35.2 Å². The van der Waals surface area contributed by atoms with Gasteiger partial charge in [-0.3, -0.25) is 19.6 Å². The van der Waals surface area contributed by atoms with Crippen LogP contribution in [0.25, 0.3) is 0 Å². The van der Waals surface area contributed by atoms with E-state index in [1.807, 2.05) is 12.1 Å². The molecular weight excluding hydrogens is 294 g/mol. The molecule has 1 unspecified atom stereocenters. The highest BCUT2D eigenvalue weighted by Crippen LogP contribution is 2.39. The molecule has 0 bridgehead atoms. The number of nitrogens with one attached hydrogen (secondary N) is 2. The van der Waals surface area contributed by atoms with Crippen LogP contribution in [0.2, 0.25) is 0 Å². The van der Waals surface area contributed by atoms with Crippen LogP contribution in [-0.2, 0) is 14.4 Å². The van der Waals surface area contributed by atoms with Crippen molar-refractivity contribution in [1.82, 2.24) is 10.8 Å². The van der Waals surface area contributed by atoms with E-state index >= 15 is 0 Å². The number of nitrogens with zero attached hydrogens (tertiary/aromatic N) is 1. The van der Waals surface area contributed by atoms with Crippen molar-refractivity contribution in [2.45, 2.75) is 16.6 Å². The average Bonchev–Trinajstić information content (AvgIpc) is 2.50. The summed E-state index contributed by atoms with van der Waals surface area (Å²) in [5.74, 6) is -1.26. The van der Waals surface area contributed by atoms with Gasteiger partial charge in [0.1, 0.15) is 6.54 Å². The lowest BCUT2D eigenvalue weighted by Gasteiger charge is -2.32. The molecule has 1 aliphatic rings. The Kier molecular flexibility index (Phi) is 4.81. The molecule has 1 heterocycles. The van der Waals surface area contributed by atoms with E-state index in [0.717, 1.165) is 4.90 Å². The van der Waals surface area contributed by atoms with Crippen molar-refractivity contribution in [1.29, 1.82) is 0 Å². The van der Waals surface area contributed by atoms with Gasteiger partial charge in [0.05, 0.1) is 10.9 Å². The molecule has 3 N–H and O–H groups in total. The summed E-state index contributed by atoms with van der Waals surface area (Å²) in [6.45, 7) is -0.294. The fourth-order valence-electron chi connectivity index (χ4n) is 2.02. The summed E-state index contributed by atoms with van der Waals surface area (Å²) < 4.78 is 0. The molecule has 1 aromatic carbocycles. The molecule has 8 heteroatoms. The number of fused-ring (bicyclic) bond motifs is 1. The number of amides is 3. The third-order valence-corrected chi connectivity index (χ3v) is 4.29. The summed E-state index contributed by atoms with van der Waals surface area (Å²) in [6.07, 6.45) is 0.0333. The van der Waals surface area contributed by atoms with E-state index in [2.05, 4.69) is 5.32 Å². The second-order valence-electron chi connectivity index (χ2n) is 4.41. The van der Waals surface area contributed by atoms with Gasteiger partial charge in [0.15, 0.2) is 0 Å². The van der Waals surface area contributed by atoms with Crippen LogP contribution in [0.3, 0.4) is 0 Å². The van der Waals surface area contributed by atoms with Gasteiger partial charge in [-0.25, -0.2) is 5.48 Å². The molecule has 1 aliphatic heterocycles. The zero-order chi connectivity index (χ0) is 15.4. The van der Waals surface area contributed by atoms with Crippen LogP contribution in [0.4, 0.5) is 5.69 Å². The maximum absolute atomic E-state index is 12.5. The molecule has 0 aromatic heterocycles. The molecule has 7 nitrogen and oxygen atoms in total. The van der Waals surface area contributed by atoms with Gasteiger partial charge >= 0.3 is 0 Å². The Morgan fingerprint density at radius 1 is 1.33 bits per heavy atom. The molecule has 0 saturated carbocycles. The van der Waals surface area contributed by atoms with Crippen LogP contribution in [0.15, 0.2) is 29.2 Å². The zero-order valence-electron chi connectivity index (χ0n) is 11.3. The van der Waals surface area contributed by atoms with Crippen molar-refractivity contribution in [2.75, 3.05) is 18.5 Å². The highest BCUT2D eigenvalue weighted by Gasteiger charge is 2.35. The largest absolute Gasteiger partial charge is 0.359 e.